The summed E-state index contributed by atoms with van der Waals surface area (Å²) >= 11 is 0. The zero-order valence-electron chi connectivity index (χ0n) is 11.4. The van der Waals surface area contributed by atoms with Crippen molar-refractivity contribution in [3.8, 4) is 0 Å². The molecule has 0 amide bonds. The van der Waals surface area contributed by atoms with E-state index in [1.54, 1.807) is 7.05 Å². The first-order valence-electron chi connectivity index (χ1n) is 5.59. The molecule has 20 heavy (non-hydrogen) atoms. The molecule has 1 aromatic rings. The summed E-state index contributed by atoms with van der Waals surface area (Å²) in [5.74, 6) is -0.0338. The number of nitrogens with one attached hydrogen (secondary N) is 2. The van der Waals surface area contributed by atoms with E-state index >= 15 is 0 Å². The van der Waals surface area contributed by atoms with Crippen molar-refractivity contribution >= 4 is 26.0 Å². The maximum absolute atomic E-state index is 11.9. The van der Waals surface area contributed by atoms with Crippen LogP contribution in [-0.2, 0) is 20.0 Å². The third kappa shape index (κ3) is 4.37. The lowest BCUT2D eigenvalue weighted by atomic mass is 10.7. The van der Waals surface area contributed by atoms with E-state index in [1.807, 2.05) is 0 Å². The average molecular weight is 323 g/mol. The largest absolute Gasteiger partial charge is 0.357 e. The van der Waals surface area contributed by atoms with Crippen molar-refractivity contribution in [3.05, 3.63) is 12.4 Å². The van der Waals surface area contributed by atoms with Crippen molar-refractivity contribution in [2.45, 2.75) is 4.90 Å². The molecule has 1 aromatic heterocycles. The van der Waals surface area contributed by atoms with Crippen LogP contribution in [-0.4, -0.2) is 64.5 Å². The quantitative estimate of drug-likeness (QED) is 0.639. The second-order valence-corrected chi connectivity index (χ2v) is 8.06. The van der Waals surface area contributed by atoms with E-state index in [4.69, 9.17) is 0 Å². The van der Waals surface area contributed by atoms with Crippen LogP contribution in [0.5, 0.6) is 0 Å². The van der Waals surface area contributed by atoms with Gasteiger partial charge in [0, 0.05) is 27.7 Å². The molecule has 0 saturated heterocycles. The van der Waals surface area contributed by atoms with Gasteiger partial charge in [-0.3, -0.25) is 0 Å². The Hall–Kier alpha value is -1.30. The van der Waals surface area contributed by atoms with E-state index in [0.29, 0.717) is 5.95 Å². The molecule has 0 radical (unpaired) electrons. The SMILES string of the molecule is CNc1ncc(S(=O)(=O)NCCS(=O)(=O)N(C)C)cn1. The highest BCUT2D eigenvalue weighted by Gasteiger charge is 2.18. The molecule has 0 aromatic carbocycles. The van der Waals surface area contributed by atoms with Crippen LogP contribution in [0.15, 0.2) is 17.3 Å². The highest BCUT2D eigenvalue weighted by atomic mass is 32.2. The minimum atomic E-state index is -3.82. The minimum absolute atomic E-state index is 0.126. The maximum Gasteiger partial charge on any atom is 0.243 e. The molecule has 0 aliphatic carbocycles. The number of hydrogen-bond donors (Lipinski definition) is 2. The fourth-order valence-corrected chi connectivity index (χ4v) is 2.93. The fourth-order valence-electron chi connectivity index (χ4n) is 1.15. The molecule has 1 heterocycles. The van der Waals surface area contributed by atoms with Gasteiger partial charge in [0.25, 0.3) is 0 Å². The van der Waals surface area contributed by atoms with Crippen molar-refractivity contribution < 1.29 is 16.8 Å². The molecule has 0 spiro atoms. The monoisotopic (exact) mass is 323 g/mol. The maximum atomic E-state index is 11.9. The predicted octanol–water partition coefficient (Wildman–Crippen LogP) is -1.31. The van der Waals surface area contributed by atoms with Crippen molar-refractivity contribution in [1.82, 2.24) is 19.0 Å². The number of aromatic nitrogens is 2. The van der Waals surface area contributed by atoms with Gasteiger partial charge in [-0.2, -0.15) is 0 Å². The van der Waals surface area contributed by atoms with E-state index in [2.05, 4.69) is 20.0 Å². The Kier molecular flexibility index (Phi) is 5.39. The number of hydrogen-bond acceptors (Lipinski definition) is 7. The first-order valence-corrected chi connectivity index (χ1v) is 8.68. The number of rotatable bonds is 7. The molecule has 0 aliphatic heterocycles. The van der Waals surface area contributed by atoms with E-state index in [1.165, 1.54) is 14.1 Å². The van der Waals surface area contributed by atoms with Gasteiger partial charge in [0.05, 0.1) is 18.1 Å². The Labute approximate surface area is 118 Å². The van der Waals surface area contributed by atoms with Crippen molar-refractivity contribution in [2.24, 2.45) is 0 Å². The van der Waals surface area contributed by atoms with Crippen molar-refractivity contribution in [3.63, 3.8) is 0 Å². The van der Waals surface area contributed by atoms with E-state index < -0.39 is 20.0 Å². The third-order valence-electron chi connectivity index (χ3n) is 2.37. The summed E-state index contributed by atoms with van der Waals surface area (Å²) in [6.07, 6.45) is 2.28. The summed E-state index contributed by atoms with van der Waals surface area (Å²) in [4.78, 5) is 7.44. The standard InChI is InChI=1S/C9H17N5O4S2/c1-10-9-11-6-8(7-12-9)20(17,18)13-4-5-19(15,16)14(2)3/h6-7,13H,4-5H2,1-3H3,(H,10,11,12). The molecule has 0 atom stereocenters. The zero-order chi connectivity index (χ0) is 15.4. The van der Waals surface area contributed by atoms with Crippen molar-refractivity contribution in [2.75, 3.05) is 38.8 Å². The molecule has 0 saturated carbocycles. The molecule has 1 rings (SSSR count). The molecule has 11 heteroatoms. The third-order valence-corrected chi connectivity index (χ3v) is 5.62. The smallest absolute Gasteiger partial charge is 0.243 e. The van der Waals surface area contributed by atoms with E-state index in [-0.39, 0.29) is 17.2 Å². The lowest BCUT2D eigenvalue weighted by molar-refractivity contribution is 0.519. The average Bonchev–Trinajstić information content (AvgIpc) is 2.38. The predicted molar refractivity (Wildman–Crippen MR) is 74.2 cm³/mol. The lowest BCUT2D eigenvalue weighted by Crippen LogP contribution is -2.34. The van der Waals surface area contributed by atoms with Crippen LogP contribution in [0.3, 0.4) is 0 Å². The fraction of sp³-hybridized carbons (Fsp3) is 0.556. The summed E-state index contributed by atoms with van der Waals surface area (Å²) in [5.41, 5.74) is 0. The minimum Gasteiger partial charge on any atom is -0.357 e. The van der Waals surface area contributed by atoms with Gasteiger partial charge < -0.3 is 5.32 Å². The van der Waals surface area contributed by atoms with Crippen LogP contribution in [0.2, 0.25) is 0 Å². The number of sulfonamides is 2. The highest BCUT2D eigenvalue weighted by molar-refractivity contribution is 7.90. The van der Waals surface area contributed by atoms with E-state index in [9.17, 15) is 16.8 Å². The van der Waals surface area contributed by atoms with Crippen molar-refractivity contribution in [1.29, 1.82) is 0 Å². The van der Waals surface area contributed by atoms with Crippen LogP contribution >= 0.6 is 0 Å². The van der Waals surface area contributed by atoms with Gasteiger partial charge in [0.2, 0.25) is 26.0 Å². The summed E-state index contributed by atoms with van der Waals surface area (Å²) in [7, 11) is -2.90. The number of anilines is 1. The summed E-state index contributed by atoms with van der Waals surface area (Å²) in [5, 5.41) is 2.66. The highest BCUT2D eigenvalue weighted by Crippen LogP contribution is 2.06. The van der Waals surface area contributed by atoms with Gasteiger partial charge in [0.1, 0.15) is 4.90 Å². The van der Waals surface area contributed by atoms with Crippen LogP contribution in [0, 0.1) is 0 Å². The Balaban J connectivity index is 2.71. The first-order chi connectivity index (χ1) is 9.19. The van der Waals surface area contributed by atoms with Gasteiger partial charge in [-0.25, -0.2) is 35.8 Å². The summed E-state index contributed by atoms with van der Waals surface area (Å²) in [6.45, 7) is -0.226. The van der Waals surface area contributed by atoms with Gasteiger partial charge in [-0.15, -0.1) is 0 Å². The molecular formula is C9H17N5O4S2. The molecule has 0 fully saturated rings. The second-order valence-electron chi connectivity index (χ2n) is 3.99. The lowest BCUT2D eigenvalue weighted by Gasteiger charge is -2.11. The molecule has 0 bridgehead atoms. The van der Waals surface area contributed by atoms with Gasteiger partial charge in [-0.05, 0) is 0 Å². The van der Waals surface area contributed by atoms with Crippen LogP contribution in [0.4, 0.5) is 5.95 Å². The molecular weight excluding hydrogens is 306 g/mol. The Morgan fingerprint density at radius 3 is 2.15 bits per heavy atom. The van der Waals surface area contributed by atoms with Crippen LogP contribution in [0.1, 0.15) is 0 Å². The van der Waals surface area contributed by atoms with Crippen LogP contribution in [0.25, 0.3) is 0 Å². The topological polar surface area (TPSA) is 121 Å². The Morgan fingerprint density at radius 2 is 1.70 bits per heavy atom. The molecule has 0 unspecified atom stereocenters. The Morgan fingerprint density at radius 1 is 1.15 bits per heavy atom. The van der Waals surface area contributed by atoms with E-state index in [0.717, 1.165) is 16.7 Å². The molecule has 0 aliphatic rings. The van der Waals surface area contributed by atoms with Gasteiger partial charge >= 0.3 is 0 Å². The first kappa shape index (κ1) is 16.8. The number of nitrogens with zero attached hydrogens (tertiary/aromatic N) is 3. The van der Waals surface area contributed by atoms with Crippen LogP contribution < -0.4 is 10.0 Å². The Bertz CT molecular complexity index is 639. The van der Waals surface area contributed by atoms with Gasteiger partial charge in [-0.1, -0.05) is 0 Å². The second kappa shape index (κ2) is 6.43. The zero-order valence-corrected chi connectivity index (χ0v) is 13.0. The molecule has 2 N–H and O–H groups in total. The normalized spacial score (nSPS) is 12.6. The summed E-state index contributed by atoms with van der Waals surface area (Å²) < 4.78 is 49.9. The molecule has 114 valence electrons. The summed E-state index contributed by atoms with van der Waals surface area (Å²) in [6, 6.07) is 0. The van der Waals surface area contributed by atoms with Gasteiger partial charge in [0.15, 0.2) is 0 Å². The molecule has 9 nitrogen and oxygen atoms in total.